The number of hydrogen-bond donors (Lipinski definition) is 0. The maximum atomic E-state index is 13.4. The van der Waals surface area contributed by atoms with E-state index in [-0.39, 0.29) is 17.7 Å². The highest BCUT2D eigenvalue weighted by Crippen LogP contribution is 2.41. The van der Waals surface area contributed by atoms with E-state index in [1.54, 1.807) is 17.2 Å². The lowest BCUT2D eigenvalue weighted by molar-refractivity contribution is 0.113. The quantitative estimate of drug-likeness (QED) is 0.694. The van der Waals surface area contributed by atoms with Crippen LogP contribution < -0.4 is 9.64 Å². The van der Waals surface area contributed by atoms with E-state index >= 15 is 0 Å². The van der Waals surface area contributed by atoms with Crippen molar-refractivity contribution in [3.8, 4) is 5.88 Å². The Balaban J connectivity index is 1.58. The summed E-state index contributed by atoms with van der Waals surface area (Å²) in [5.74, 6) is 0.0438. The fourth-order valence-corrected chi connectivity index (χ4v) is 4.40. The molecule has 0 atom stereocenters. The number of anilines is 1. The van der Waals surface area contributed by atoms with Gasteiger partial charge in [-0.05, 0) is 44.4 Å². The van der Waals surface area contributed by atoms with Crippen molar-refractivity contribution in [1.29, 1.82) is 0 Å². The van der Waals surface area contributed by atoms with Crippen LogP contribution in [0.3, 0.4) is 0 Å². The van der Waals surface area contributed by atoms with Gasteiger partial charge in [-0.15, -0.1) is 0 Å². The Hall–Kier alpha value is -2.70. The van der Waals surface area contributed by atoms with Gasteiger partial charge in [-0.25, -0.2) is 14.8 Å². The third-order valence-electron chi connectivity index (χ3n) is 5.79. The Morgan fingerprint density at radius 2 is 1.90 bits per heavy atom. The molecule has 1 aliphatic heterocycles. The zero-order chi connectivity index (χ0) is 20.4. The lowest BCUT2D eigenvalue weighted by atomic mass is 9.81. The van der Waals surface area contributed by atoms with Crippen LogP contribution in [0.1, 0.15) is 51.5 Å². The van der Waals surface area contributed by atoms with Crippen molar-refractivity contribution in [3.05, 3.63) is 48.2 Å². The number of carbonyl (C=O) groups is 1. The first kappa shape index (κ1) is 19.6. The minimum atomic E-state index is -0.542. The van der Waals surface area contributed by atoms with Gasteiger partial charge in [0.15, 0.2) is 0 Å². The summed E-state index contributed by atoms with van der Waals surface area (Å²) in [5, 5.41) is 0. The van der Waals surface area contributed by atoms with E-state index in [4.69, 9.17) is 4.74 Å². The molecule has 2 aromatic rings. The first-order valence-electron chi connectivity index (χ1n) is 10.3. The molecule has 2 aromatic heterocycles. The second-order valence-electron chi connectivity index (χ2n) is 8.25. The standard InChI is InChI=1S/C22H27FN4O2/c1-16(2)29-20-9-6-17(12-25-20)14-27-21(28)26(18-7-8-19(23)24-13-18)15-22(27)10-4-3-5-11-22/h6-9,12-13,16H,3-5,10-11,14-15H2,1-2H3. The van der Waals surface area contributed by atoms with Crippen molar-refractivity contribution in [1.82, 2.24) is 14.9 Å². The van der Waals surface area contributed by atoms with E-state index in [9.17, 15) is 9.18 Å². The van der Waals surface area contributed by atoms with Gasteiger partial charge in [-0.2, -0.15) is 4.39 Å². The molecule has 6 nitrogen and oxygen atoms in total. The van der Waals surface area contributed by atoms with Gasteiger partial charge in [-0.3, -0.25) is 4.90 Å². The number of hydrogen-bond acceptors (Lipinski definition) is 4. The highest BCUT2D eigenvalue weighted by Gasteiger charge is 2.50. The second-order valence-corrected chi connectivity index (χ2v) is 8.25. The number of rotatable bonds is 5. The summed E-state index contributed by atoms with van der Waals surface area (Å²) in [6, 6.07) is 6.69. The van der Waals surface area contributed by atoms with Gasteiger partial charge in [0.05, 0.1) is 30.1 Å². The molecule has 2 aliphatic rings. The summed E-state index contributed by atoms with van der Waals surface area (Å²) >= 11 is 0. The topological polar surface area (TPSA) is 58.6 Å². The largest absolute Gasteiger partial charge is 0.475 e. The average molecular weight is 398 g/mol. The first-order valence-corrected chi connectivity index (χ1v) is 10.3. The van der Waals surface area contributed by atoms with Crippen molar-refractivity contribution in [3.63, 3.8) is 0 Å². The van der Waals surface area contributed by atoms with Crippen molar-refractivity contribution in [2.24, 2.45) is 0 Å². The van der Waals surface area contributed by atoms with E-state index < -0.39 is 5.95 Å². The number of aromatic nitrogens is 2. The van der Waals surface area contributed by atoms with Gasteiger partial charge in [0.25, 0.3) is 0 Å². The lowest BCUT2D eigenvalue weighted by Crippen LogP contribution is -2.48. The van der Waals surface area contributed by atoms with Crippen LogP contribution in [0.5, 0.6) is 5.88 Å². The summed E-state index contributed by atoms with van der Waals surface area (Å²) in [4.78, 5) is 25.2. The monoisotopic (exact) mass is 398 g/mol. The molecule has 154 valence electrons. The number of halogens is 1. The van der Waals surface area contributed by atoms with Crippen LogP contribution >= 0.6 is 0 Å². The molecule has 7 heteroatoms. The molecule has 4 rings (SSSR count). The highest BCUT2D eigenvalue weighted by atomic mass is 19.1. The number of pyridine rings is 2. The third-order valence-corrected chi connectivity index (χ3v) is 5.79. The average Bonchev–Trinajstić information content (AvgIpc) is 2.96. The molecule has 0 N–H and O–H groups in total. The summed E-state index contributed by atoms with van der Waals surface area (Å²) in [6.07, 6.45) is 8.66. The lowest BCUT2D eigenvalue weighted by Gasteiger charge is -2.40. The SMILES string of the molecule is CC(C)Oc1ccc(CN2C(=O)N(c3ccc(F)nc3)CC23CCCCC3)cn1. The van der Waals surface area contributed by atoms with Crippen LogP contribution in [0.2, 0.25) is 0 Å². The molecule has 29 heavy (non-hydrogen) atoms. The Morgan fingerprint density at radius 3 is 2.52 bits per heavy atom. The van der Waals surface area contributed by atoms with Crippen LogP contribution in [0, 0.1) is 5.95 Å². The van der Waals surface area contributed by atoms with E-state index in [2.05, 4.69) is 9.97 Å². The zero-order valence-corrected chi connectivity index (χ0v) is 17.0. The van der Waals surface area contributed by atoms with Gasteiger partial charge in [0, 0.05) is 18.8 Å². The molecule has 1 saturated carbocycles. The van der Waals surface area contributed by atoms with E-state index in [1.165, 1.54) is 18.7 Å². The fraction of sp³-hybridized carbons (Fsp3) is 0.500. The molecule has 3 heterocycles. The Bertz CT molecular complexity index is 848. The van der Waals surface area contributed by atoms with Crippen LogP contribution in [0.15, 0.2) is 36.7 Å². The summed E-state index contributed by atoms with van der Waals surface area (Å²) in [6.45, 7) is 5.04. The molecule has 0 unspecified atom stereocenters. The number of nitrogens with zero attached hydrogens (tertiary/aromatic N) is 4. The minimum absolute atomic E-state index is 0.0529. The van der Waals surface area contributed by atoms with Crippen molar-refractivity contribution >= 4 is 11.7 Å². The molecule has 0 aromatic carbocycles. The summed E-state index contributed by atoms with van der Waals surface area (Å²) in [5.41, 5.74) is 1.41. The van der Waals surface area contributed by atoms with Crippen LogP contribution in [-0.4, -0.2) is 39.1 Å². The van der Waals surface area contributed by atoms with Gasteiger partial charge in [0.1, 0.15) is 0 Å². The van der Waals surface area contributed by atoms with Gasteiger partial charge in [0.2, 0.25) is 11.8 Å². The number of urea groups is 1. The first-order chi connectivity index (χ1) is 14.0. The molecule has 1 spiro atoms. The van der Waals surface area contributed by atoms with Gasteiger partial charge in [-0.1, -0.05) is 25.3 Å². The number of amides is 2. The van der Waals surface area contributed by atoms with Gasteiger partial charge < -0.3 is 9.64 Å². The van der Waals surface area contributed by atoms with Crippen molar-refractivity contribution in [2.45, 2.75) is 64.1 Å². The number of ether oxygens (including phenoxy) is 1. The third kappa shape index (κ3) is 4.04. The Labute approximate surface area is 170 Å². The van der Waals surface area contributed by atoms with Crippen molar-refractivity contribution < 1.29 is 13.9 Å². The molecule has 2 fully saturated rings. The van der Waals surface area contributed by atoms with Crippen LogP contribution in [0.25, 0.3) is 0 Å². The Morgan fingerprint density at radius 1 is 1.10 bits per heavy atom. The predicted molar refractivity (Wildman–Crippen MR) is 108 cm³/mol. The van der Waals surface area contributed by atoms with E-state index in [1.807, 2.05) is 30.9 Å². The maximum Gasteiger partial charge on any atom is 0.325 e. The predicted octanol–water partition coefficient (Wildman–Crippen LogP) is 4.55. The number of carbonyl (C=O) groups excluding carboxylic acids is 1. The van der Waals surface area contributed by atoms with E-state index in [0.29, 0.717) is 24.7 Å². The molecule has 2 amide bonds. The molecule has 1 saturated heterocycles. The second kappa shape index (κ2) is 7.97. The molecule has 0 bridgehead atoms. The maximum absolute atomic E-state index is 13.4. The molecular weight excluding hydrogens is 371 g/mol. The molecule has 1 aliphatic carbocycles. The summed E-state index contributed by atoms with van der Waals surface area (Å²) < 4.78 is 18.9. The Kier molecular flexibility index (Phi) is 5.39. The highest BCUT2D eigenvalue weighted by molar-refractivity contribution is 5.95. The van der Waals surface area contributed by atoms with Crippen molar-refractivity contribution in [2.75, 3.05) is 11.4 Å². The van der Waals surface area contributed by atoms with Crippen LogP contribution in [0.4, 0.5) is 14.9 Å². The smallest absolute Gasteiger partial charge is 0.325 e. The zero-order valence-electron chi connectivity index (χ0n) is 17.0. The fourth-order valence-electron chi connectivity index (χ4n) is 4.40. The molecule has 0 radical (unpaired) electrons. The minimum Gasteiger partial charge on any atom is -0.475 e. The van der Waals surface area contributed by atoms with Gasteiger partial charge >= 0.3 is 6.03 Å². The molecular formula is C22H27FN4O2. The van der Waals surface area contributed by atoms with E-state index in [0.717, 1.165) is 31.2 Å². The summed E-state index contributed by atoms with van der Waals surface area (Å²) in [7, 11) is 0. The van der Waals surface area contributed by atoms with Crippen LogP contribution in [-0.2, 0) is 6.54 Å². The normalized spacial score (nSPS) is 18.7.